The molecule has 1 rings (SSSR count). The maximum Gasteiger partial charge on any atom is 0.118 e. The molecule has 14 heavy (non-hydrogen) atoms. The molecule has 1 heterocycles. The summed E-state index contributed by atoms with van der Waals surface area (Å²) in [4.78, 5) is 12.8. The van der Waals surface area contributed by atoms with E-state index in [0.717, 1.165) is 11.4 Å². The molecule has 1 unspecified atom stereocenters. The third-order valence-corrected chi connectivity index (χ3v) is 3.05. The summed E-state index contributed by atoms with van der Waals surface area (Å²) in [6, 6.07) is 4.31. The largest absolute Gasteiger partial charge is 0.544 e. The number of aliphatic carboxylic acids is 1. The fourth-order valence-electron chi connectivity index (χ4n) is 1.29. The third kappa shape index (κ3) is 3.47. The highest BCUT2D eigenvalue weighted by molar-refractivity contribution is 7.09. The summed E-state index contributed by atoms with van der Waals surface area (Å²) in [6.45, 7) is 4.89. The summed E-state index contributed by atoms with van der Waals surface area (Å²) in [6.07, 6.45) is 0. The summed E-state index contributed by atoms with van der Waals surface area (Å²) in [7, 11) is 0. The zero-order chi connectivity index (χ0) is 10.6. The van der Waals surface area contributed by atoms with Crippen molar-refractivity contribution in [2.75, 3.05) is 6.54 Å². The van der Waals surface area contributed by atoms with Crippen molar-refractivity contribution in [1.82, 2.24) is 0 Å². The first-order valence-electron chi connectivity index (χ1n) is 4.66. The number of carbonyl (C=O) groups excluding carboxylic acids is 1. The highest BCUT2D eigenvalue weighted by Crippen LogP contribution is 2.06. The van der Waals surface area contributed by atoms with Crippen LogP contribution in [0.4, 0.5) is 0 Å². The van der Waals surface area contributed by atoms with Crippen LogP contribution in [0.5, 0.6) is 0 Å². The molecular weight excluding hydrogens is 198 g/mol. The van der Waals surface area contributed by atoms with Crippen molar-refractivity contribution in [3.05, 3.63) is 22.4 Å². The summed E-state index contributed by atoms with van der Waals surface area (Å²) in [5.74, 6) is -0.981. The van der Waals surface area contributed by atoms with Crippen molar-refractivity contribution in [3.63, 3.8) is 0 Å². The lowest BCUT2D eigenvalue weighted by atomic mass is 10.3. The van der Waals surface area contributed by atoms with Gasteiger partial charge in [0, 0.05) is 0 Å². The van der Waals surface area contributed by atoms with E-state index in [1.807, 2.05) is 31.4 Å². The fourth-order valence-corrected chi connectivity index (χ4v) is 2.05. The zero-order valence-electron chi connectivity index (χ0n) is 8.45. The van der Waals surface area contributed by atoms with Crippen LogP contribution in [0.3, 0.4) is 0 Å². The lowest BCUT2D eigenvalue weighted by Gasteiger charge is -2.23. The minimum absolute atomic E-state index is 0.0789. The molecule has 0 amide bonds. The number of nitrogens with one attached hydrogen (secondary N) is 1. The lowest BCUT2D eigenvalue weighted by molar-refractivity contribution is -0.929. The van der Waals surface area contributed by atoms with E-state index in [0.29, 0.717) is 6.04 Å². The molecule has 3 nitrogen and oxygen atoms in total. The lowest BCUT2D eigenvalue weighted by Crippen LogP contribution is -3.15. The predicted octanol–water partition coefficient (Wildman–Crippen LogP) is -0.709. The first kappa shape index (κ1) is 11.2. The quantitative estimate of drug-likeness (QED) is 0.702. The molecule has 0 aliphatic carbocycles. The Morgan fingerprint density at radius 2 is 2.36 bits per heavy atom. The van der Waals surface area contributed by atoms with E-state index < -0.39 is 5.97 Å². The Labute approximate surface area is 88.0 Å². The smallest absolute Gasteiger partial charge is 0.118 e. The maximum absolute atomic E-state index is 10.5. The molecule has 0 saturated heterocycles. The van der Waals surface area contributed by atoms with Crippen molar-refractivity contribution < 1.29 is 14.8 Å². The Morgan fingerprint density at radius 1 is 1.64 bits per heavy atom. The minimum atomic E-state index is -0.981. The van der Waals surface area contributed by atoms with Crippen LogP contribution >= 0.6 is 11.3 Å². The molecule has 1 aromatic rings. The molecular formula is C10H15NO2S. The van der Waals surface area contributed by atoms with Crippen LogP contribution in [0.1, 0.15) is 18.7 Å². The molecule has 1 aromatic heterocycles. The molecule has 0 bridgehead atoms. The topological polar surface area (TPSA) is 44.6 Å². The number of carboxylic acid groups (broad SMARTS) is 1. The van der Waals surface area contributed by atoms with Crippen LogP contribution in [0.25, 0.3) is 0 Å². The van der Waals surface area contributed by atoms with Crippen LogP contribution in [-0.4, -0.2) is 18.6 Å². The SMILES string of the molecule is CC(C)[NH+](CC(=O)[O-])Cc1cccs1. The van der Waals surface area contributed by atoms with Gasteiger partial charge in [0.2, 0.25) is 0 Å². The second-order valence-electron chi connectivity index (χ2n) is 3.62. The molecule has 0 aliphatic rings. The van der Waals surface area contributed by atoms with Crippen LogP contribution in [0.15, 0.2) is 17.5 Å². The van der Waals surface area contributed by atoms with Crippen molar-refractivity contribution >= 4 is 17.3 Å². The van der Waals surface area contributed by atoms with Gasteiger partial charge in [0.15, 0.2) is 0 Å². The van der Waals surface area contributed by atoms with Crippen molar-refractivity contribution in [2.24, 2.45) is 0 Å². The number of rotatable bonds is 5. The van der Waals surface area contributed by atoms with Gasteiger partial charge in [-0.15, -0.1) is 11.3 Å². The van der Waals surface area contributed by atoms with Gasteiger partial charge in [0.05, 0.1) is 16.9 Å². The van der Waals surface area contributed by atoms with Gasteiger partial charge in [-0.05, 0) is 25.3 Å². The van der Waals surface area contributed by atoms with E-state index in [9.17, 15) is 9.90 Å². The molecule has 1 N–H and O–H groups in total. The van der Waals surface area contributed by atoms with Crippen molar-refractivity contribution in [3.8, 4) is 0 Å². The number of carbonyl (C=O) groups is 1. The molecule has 1 atom stereocenters. The van der Waals surface area contributed by atoms with Gasteiger partial charge in [-0.25, -0.2) is 0 Å². The molecule has 78 valence electrons. The van der Waals surface area contributed by atoms with Gasteiger partial charge in [0.1, 0.15) is 13.1 Å². The first-order valence-corrected chi connectivity index (χ1v) is 5.54. The number of hydrogen-bond acceptors (Lipinski definition) is 3. The molecule has 0 fully saturated rings. The normalized spacial score (nSPS) is 13.1. The number of thiophene rings is 1. The van der Waals surface area contributed by atoms with Gasteiger partial charge in [-0.2, -0.15) is 0 Å². The Bertz CT molecular complexity index is 282. The minimum Gasteiger partial charge on any atom is -0.544 e. The summed E-state index contributed by atoms with van der Waals surface area (Å²) in [5, 5.41) is 12.5. The van der Waals surface area contributed by atoms with Gasteiger partial charge >= 0.3 is 0 Å². The summed E-state index contributed by atoms with van der Waals surface area (Å²) >= 11 is 1.66. The van der Waals surface area contributed by atoms with Gasteiger partial charge in [0.25, 0.3) is 0 Å². The Morgan fingerprint density at radius 3 is 2.79 bits per heavy atom. The second-order valence-corrected chi connectivity index (χ2v) is 4.65. The van der Waals surface area contributed by atoms with Gasteiger partial charge < -0.3 is 14.8 Å². The number of carboxylic acids is 1. The van der Waals surface area contributed by atoms with Crippen LogP contribution < -0.4 is 10.0 Å². The monoisotopic (exact) mass is 213 g/mol. The average Bonchev–Trinajstić information content (AvgIpc) is 2.54. The Balaban J connectivity index is 2.56. The zero-order valence-corrected chi connectivity index (χ0v) is 9.26. The van der Waals surface area contributed by atoms with Crippen molar-refractivity contribution in [2.45, 2.75) is 26.4 Å². The van der Waals surface area contributed by atoms with Gasteiger partial charge in [-0.1, -0.05) is 6.07 Å². The van der Waals surface area contributed by atoms with Crippen molar-refractivity contribution in [1.29, 1.82) is 0 Å². The highest BCUT2D eigenvalue weighted by atomic mass is 32.1. The van der Waals surface area contributed by atoms with Gasteiger partial charge in [-0.3, -0.25) is 0 Å². The van der Waals surface area contributed by atoms with E-state index in [4.69, 9.17) is 0 Å². The van der Waals surface area contributed by atoms with Crippen LogP contribution in [-0.2, 0) is 11.3 Å². The first-order chi connectivity index (χ1) is 6.59. The van der Waals surface area contributed by atoms with E-state index in [1.54, 1.807) is 11.3 Å². The molecule has 0 spiro atoms. The number of hydrogen-bond donors (Lipinski definition) is 1. The van der Waals surface area contributed by atoms with E-state index in [1.165, 1.54) is 4.88 Å². The van der Waals surface area contributed by atoms with E-state index in [2.05, 4.69) is 0 Å². The molecule has 0 aliphatic heterocycles. The maximum atomic E-state index is 10.5. The highest BCUT2D eigenvalue weighted by Gasteiger charge is 2.14. The average molecular weight is 213 g/mol. The second kappa shape index (κ2) is 5.12. The number of quaternary nitrogens is 1. The van der Waals surface area contributed by atoms with Crippen LogP contribution in [0, 0.1) is 0 Å². The molecule has 0 radical (unpaired) electrons. The molecule has 0 saturated carbocycles. The van der Waals surface area contributed by atoms with E-state index >= 15 is 0 Å². The molecule has 0 aromatic carbocycles. The predicted molar refractivity (Wildman–Crippen MR) is 54.0 cm³/mol. The third-order valence-electron chi connectivity index (χ3n) is 2.17. The standard InChI is InChI=1S/C10H15NO2S/c1-8(2)11(7-10(12)13)6-9-4-3-5-14-9/h3-5,8H,6-7H2,1-2H3,(H,12,13). The Kier molecular flexibility index (Phi) is 4.10. The summed E-state index contributed by atoms with van der Waals surface area (Å²) < 4.78 is 0. The van der Waals surface area contributed by atoms with E-state index in [-0.39, 0.29) is 6.54 Å². The Hall–Kier alpha value is -0.870. The molecule has 4 heteroatoms. The van der Waals surface area contributed by atoms with Crippen LogP contribution in [0.2, 0.25) is 0 Å². The fraction of sp³-hybridized carbons (Fsp3) is 0.500. The summed E-state index contributed by atoms with van der Waals surface area (Å²) in [5.41, 5.74) is 0.